The van der Waals surface area contributed by atoms with Crippen molar-refractivity contribution in [3.8, 4) is 0 Å². The van der Waals surface area contributed by atoms with E-state index in [1.54, 1.807) is 0 Å². The fourth-order valence-corrected chi connectivity index (χ4v) is 15.1. The molecule has 280 valence electrons. The second-order valence-corrected chi connectivity index (χ2v) is 19.3. The topological polar surface area (TPSA) is 18.5 Å². The van der Waals surface area contributed by atoms with Gasteiger partial charge in [-0.15, -0.1) is 0 Å². The Hall–Kier alpha value is -4.68. The van der Waals surface area contributed by atoms with E-state index in [9.17, 15) is 0 Å². The van der Waals surface area contributed by atoms with Gasteiger partial charge in [0.25, 0.3) is 0 Å². The summed E-state index contributed by atoms with van der Waals surface area (Å²) in [6.45, 7) is 0.593. The molecule has 1 fully saturated rings. The van der Waals surface area contributed by atoms with Crippen LogP contribution in [0, 0.1) is 11.8 Å². The van der Waals surface area contributed by atoms with Crippen molar-refractivity contribution >= 4 is 37.1 Å². The molecule has 1 aliphatic rings. The average Bonchev–Trinajstić information content (AvgIpc) is 3.62. The Kier molecular flexibility index (Phi) is 12.6. The van der Waals surface area contributed by atoms with Crippen molar-refractivity contribution in [1.82, 2.24) is 0 Å². The molecule has 8 rings (SSSR count). The molecule has 0 aromatic heterocycles. The minimum absolute atomic E-state index is 0.119. The number of hydrogen-bond acceptors (Lipinski definition) is 2. The molecule has 0 heterocycles. The highest BCUT2D eigenvalue weighted by molar-refractivity contribution is 7.74. The van der Waals surface area contributed by atoms with Crippen LogP contribution in [0.3, 0.4) is 0 Å². The maximum Gasteiger partial charge on any atom is 0.143 e. The molecular weight excluding hydrogens is 719 g/mol. The van der Waals surface area contributed by atoms with Crippen molar-refractivity contribution < 1.29 is 9.47 Å². The first kappa shape index (κ1) is 38.2. The lowest BCUT2D eigenvalue weighted by Gasteiger charge is -2.38. The van der Waals surface area contributed by atoms with Gasteiger partial charge in [-0.2, -0.15) is 0 Å². The van der Waals surface area contributed by atoms with Crippen molar-refractivity contribution in [2.75, 3.05) is 19.9 Å². The Bertz CT molecular complexity index is 2010. The van der Waals surface area contributed by atoms with Crippen LogP contribution in [0.15, 0.2) is 212 Å². The van der Waals surface area contributed by atoms with Crippen molar-refractivity contribution in [2.24, 2.45) is 11.8 Å². The van der Waals surface area contributed by atoms with Crippen LogP contribution >= 0.6 is 15.8 Å². The van der Waals surface area contributed by atoms with Crippen molar-refractivity contribution in [1.29, 1.82) is 0 Å². The minimum Gasteiger partial charge on any atom is -0.381 e. The molecule has 1 aliphatic carbocycles. The lowest BCUT2D eigenvalue weighted by molar-refractivity contribution is -0.0120. The Morgan fingerprint density at radius 1 is 0.464 bits per heavy atom. The Morgan fingerprint density at radius 3 is 1.20 bits per heavy atom. The summed E-state index contributed by atoms with van der Waals surface area (Å²) in [6.07, 6.45) is 3.13. The van der Waals surface area contributed by atoms with Gasteiger partial charge < -0.3 is 9.47 Å². The van der Waals surface area contributed by atoms with Crippen LogP contribution in [-0.2, 0) is 15.1 Å². The van der Waals surface area contributed by atoms with Gasteiger partial charge in [0.15, 0.2) is 0 Å². The first-order chi connectivity index (χ1) is 27.8. The first-order valence-electron chi connectivity index (χ1n) is 19.9. The molecule has 0 amide bonds. The summed E-state index contributed by atoms with van der Waals surface area (Å²) < 4.78 is 14.1. The van der Waals surface area contributed by atoms with E-state index in [1.807, 2.05) is 7.11 Å². The second kappa shape index (κ2) is 18.5. The van der Waals surface area contributed by atoms with Gasteiger partial charge in [-0.25, -0.2) is 0 Å². The monoisotopic (exact) mass is 768 g/mol. The van der Waals surface area contributed by atoms with Crippen molar-refractivity contribution in [3.05, 3.63) is 229 Å². The predicted molar refractivity (Wildman–Crippen MR) is 239 cm³/mol. The summed E-state index contributed by atoms with van der Waals surface area (Å²) in [5.74, 6) is 0.709. The van der Waals surface area contributed by atoms with E-state index in [4.69, 9.17) is 9.47 Å². The molecule has 0 N–H and O–H groups in total. The molecule has 1 saturated carbocycles. The number of benzene rings is 7. The van der Waals surface area contributed by atoms with Gasteiger partial charge >= 0.3 is 0 Å². The Balaban J connectivity index is 1.21. The standard InChI is InChI=1S/C52H50O2P2/c1-53-50-39-51(56(46-33-19-7-20-34-46)47-35-21-8-22-36-47)49(40-55(44-29-15-5-16-30-44)45-31-17-6-18-32-45)48(50)37-38-54-52(41-23-9-2-10-24-41,42-25-11-3-12-26-42)43-27-13-4-14-28-43/h2-36,48-51H,37-40H2,1H3/t48?,49-,50?,51-/m0/s1. The highest BCUT2D eigenvalue weighted by Crippen LogP contribution is 2.57. The molecular formula is C52H50O2P2. The van der Waals surface area contributed by atoms with Gasteiger partial charge in [-0.05, 0) is 90.3 Å². The predicted octanol–water partition coefficient (Wildman–Crippen LogP) is 10.7. The molecule has 0 bridgehead atoms. The summed E-state index contributed by atoms with van der Waals surface area (Å²) in [6, 6.07) is 77.4. The summed E-state index contributed by atoms with van der Waals surface area (Å²) in [7, 11) is 0.626. The molecule has 0 saturated heterocycles. The minimum atomic E-state index is -0.763. The normalized spacial score (nSPS) is 18.3. The largest absolute Gasteiger partial charge is 0.381 e. The highest BCUT2D eigenvalue weighted by Gasteiger charge is 2.48. The smallest absolute Gasteiger partial charge is 0.143 e. The zero-order valence-electron chi connectivity index (χ0n) is 32.1. The molecule has 0 radical (unpaired) electrons. The molecule has 4 heteroatoms. The SMILES string of the molecule is COC1C[C@H](P(c2ccccc2)c2ccccc2)[C@@H](CP(c2ccccc2)c2ccccc2)C1CCOC(c1ccccc1)(c1ccccc1)c1ccccc1. The third-order valence-corrected chi connectivity index (χ3v) is 17.1. The Labute approximate surface area is 336 Å². The molecule has 0 spiro atoms. The summed E-state index contributed by atoms with van der Waals surface area (Å²) in [5.41, 5.74) is 3.07. The molecule has 7 aromatic rings. The van der Waals surface area contributed by atoms with Crippen molar-refractivity contribution in [3.63, 3.8) is 0 Å². The summed E-state index contributed by atoms with van der Waals surface area (Å²) >= 11 is 0. The molecule has 0 aliphatic heterocycles. The number of hydrogen-bond donors (Lipinski definition) is 0. The zero-order valence-corrected chi connectivity index (χ0v) is 33.8. The van der Waals surface area contributed by atoms with Gasteiger partial charge in [0.2, 0.25) is 0 Å². The molecule has 2 unspecified atom stereocenters. The van der Waals surface area contributed by atoms with Gasteiger partial charge in [0, 0.05) is 13.7 Å². The maximum atomic E-state index is 7.49. The highest BCUT2D eigenvalue weighted by atomic mass is 31.1. The zero-order chi connectivity index (χ0) is 38.0. The Morgan fingerprint density at radius 2 is 0.821 bits per heavy atom. The van der Waals surface area contributed by atoms with Crippen LogP contribution in [0.25, 0.3) is 0 Å². The molecule has 2 nitrogen and oxygen atoms in total. The van der Waals surface area contributed by atoms with Gasteiger partial charge in [0.05, 0.1) is 6.10 Å². The van der Waals surface area contributed by atoms with Gasteiger partial charge in [-0.3, -0.25) is 0 Å². The van der Waals surface area contributed by atoms with E-state index in [-0.39, 0.29) is 6.10 Å². The van der Waals surface area contributed by atoms with E-state index in [0.29, 0.717) is 24.1 Å². The average molecular weight is 769 g/mol. The molecule has 56 heavy (non-hydrogen) atoms. The first-order valence-corrected chi connectivity index (χ1v) is 22.8. The third-order valence-electron chi connectivity index (χ3n) is 11.5. The van der Waals surface area contributed by atoms with Crippen LogP contribution in [0.2, 0.25) is 0 Å². The van der Waals surface area contributed by atoms with Crippen LogP contribution in [-0.4, -0.2) is 31.6 Å². The fraction of sp³-hybridized carbons (Fsp3) is 0.192. The lowest BCUT2D eigenvalue weighted by Crippen LogP contribution is -2.35. The number of ether oxygens (including phenoxy) is 2. The van der Waals surface area contributed by atoms with E-state index in [1.165, 1.54) is 21.2 Å². The second-order valence-electron chi connectivity index (χ2n) is 14.6. The summed E-state index contributed by atoms with van der Waals surface area (Å²) in [4.78, 5) is 0. The molecule has 4 atom stereocenters. The van der Waals surface area contributed by atoms with E-state index >= 15 is 0 Å². The van der Waals surface area contributed by atoms with E-state index < -0.39 is 21.4 Å². The van der Waals surface area contributed by atoms with Gasteiger partial charge in [0.1, 0.15) is 5.60 Å². The van der Waals surface area contributed by atoms with Crippen LogP contribution in [0.4, 0.5) is 0 Å². The van der Waals surface area contributed by atoms with Crippen LogP contribution in [0.1, 0.15) is 29.5 Å². The van der Waals surface area contributed by atoms with Gasteiger partial charge in [-0.1, -0.05) is 212 Å². The lowest BCUT2D eigenvalue weighted by atomic mass is 9.80. The number of methoxy groups -OCH3 is 1. The summed E-state index contributed by atoms with van der Waals surface area (Å²) in [5, 5.41) is 5.75. The third kappa shape index (κ3) is 8.23. The van der Waals surface area contributed by atoms with E-state index in [0.717, 1.165) is 35.7 Å². The van der Waals surface area contributed by atoms with Crippen LogP contribution in [0.5, 0.6) is 0 Å². The van der Waals surface area contributed by atoms with E-state index in [2.05, 4.69) is 212 Å². The molecule has 7 aromatic carbocycles. The number of rotatable bonds is 15. The quantitative estimate of drug-likeness (QED) is 0.0764. The fourth-order valence-electron chi connectivity index (χ4n) is 8.99. The maximum absolute atomic E-state index is 7.49. The van der Waals surface area contributed by atoms with Crippen LogP contribution < -0.4 is 21.2 Å². The van der Waals surface area contributed by atoms with Crippen molar-refractivity contribution in [2.45, 2.75) is 30.2 Å².